The summed E-state index contributed by atoms with van der Waals surface area (Å²) in [6.45, 7) is 0.536. The molecule has 190 valence electrons. The van der Waals surface area contributed by atoms with Crippen LogP contribution in [0.25, 0.3) is 11.0 Å². The van der Waals surface area contributed by atoms with Gasteiger partial charge in [0.15, 0.2) is 0 Å². The van der Waals surface area contributed by atoms with E-state index in [1.807, 2.05) is 66.2 Å². The number of carboxylic acid groups (broad SMARTS) is 1. The second-order valence-corrected chi connectivity index (χ2v) is 7.99. The van der Waals surface area contributed by atoms with Gasteiger partial charge in [-0.15, -0.1) is 12.4 Å². The molecule has 1 N–H and O–H groups in total. The Hall–Kier alpha value is -3.91. The average Bonchev–Trinajstić information content (AvgIpc) is 3.20. The van der Waals surface area contributed by atoms with Gasteiger partial charge in [-0.2, -0.15) is 0 Å². The van der Waals surface area contributed by atoms with E-state index in [1.54, 1.807) is 20.3 Å². The molecule has 3 aromatic carbocycles. The number of aryl methyl sites for hydroxylation is 2. The Morgan fingerprint density at radius 3 is 2.42 bits per heavy atom. The highest BCUT2D eigenvalue weighted by Gasteiger charge is 2.13. The molecule has 36 heavy (non-hydrogen) atoms. The van der Waals surface area contributed by atoms with Crippen LogP contribution in [0, 0.1) is 0 Å². The van der Waals surface area contributed by atoms with Crippen molar-refractivity contribution >= 4 is 29.4 Å². The number of rotatable bonds is 11. The van der Waals surface area contributed by atoms with E-state index in [0.29, 0.717) is 17.9 Å². The Labute approximate surface area is 215 Å². The van der Waals surface area contributed by atoms with E-state index in [1.165, 1.54) is 0 Å². The van der Waals surface area contributed by atoms with Crippen LogP contribution in [0.4, 0.5) is 0 Å². The molecule has 0 aliphatic carbocycles. The number of benzene rings is 3. The fourth-order valence-corrected chi connectivity index (χ4v) is 3.81. The average molecular weight is 513 g/mol. The molecule has 0 saturated heterocycles. The summed E-state index contributed by atoms with van der Waals surface area (Å²) in [5.74, 6) is 2.57. The van der Waals surface area contributed by atoms with E-state index in [2.05, 4.69) is 4.98 Å². The van der Waals surface area contributed by atoms with Crippen molar-refractivity contribution < 1.29 is 28.8 Å². The molecule has 0 spiro atoms. The molecule has 0 amide bonds. The quantitative estimate of drug-likeness (QED) is 0.296. The zero-order chi connectivity index (χ0) is 24.8. The maximum absolute atomic E-state index is 11.1. The van der Waals surface area contributed by atoms with Crippen LogP contribution in [-0.2, 0) is 31.5 Å². The van der Waals surface area contributed by atoms with Crippen molar-refractivity contribution in [2.45, 2.75) is 26.1 Å². The first-order valence-electron chi connectivity index (χ1n) is 11.2. The van der Waals surface area contributed by atoms with Gasteiger partial charge in [-0.1, -0.05) is 24.3 Å². The number of hydrogen-bond donors (Lipinski definition) is 1. The summed E-state index contributed by atoms with van der Waals surface area (Å²) in [6.07, 6.45) is 0.359. The third-order valence-corrected chi connectivity index (χ3v) is 5.77. The Kier molecular flexibility index (Phi) is 9.02. The Morgan fingerprint density at radius 1 is 0.889 bits per heavy atom. The number of para-hydroxylation sites is 1. The Bertz CT molecular complexity index is 1340. The van der Waals surface area contributed by atoms with Crippen molar-refractivity contribution in [3.63, 3.8) is 0 Å². The molecule has 0 saturated carbocycles. The number of methoxy groups -OCH3 is 2. The number of carboxylic acids is 1. The summed E-state index contributed by atoms with van der Waals surface area (Å²) in [7, 11) is 5.18. The minimum Gasteiger partial charge on any atom is -0.497 e. The second-order valence-electron chi connectivity index (χ2n) is 7.99. The topological polar surface area (TPSA) is 92.0 Å². The zero-order valence-electron chi connectivity index (χ0n) is 20.4. The van der Waals surface area contributed by atoms with Crippen LogP contribution in [0.1, 0.15) is 23.4 Å². The van der Waals surface area contributed by atoms with Crippen LogP contribution < -0.4 is 18.9 Å². The van der Waals surface area contributed by atoms with Gasteiger partial charge in [-0.25, -0.2) is 4.98 Å². The highest BCUT2D eigenvalue weighted by molar-refractivity contribution is 5.85. The van der Waals surface area contributed by atoms with Crippen LogP contribution in [0.5, 0.6) is 23.0 Å². The summed E-state index contributed by atoms with van der Waals surface area (Å²) in [6, 6.07) is 18.8. The molecular weight excluding hydrogens is 484 g/mol. The number of aromatic nitrogens is 2. The highest BCUT2D eigenvalue weighted by atomic mass is 35.5. The Balaban J connectivity index is 0.00000361. The number of imidazole rings is 1. The molecule has 8 nitrogen and oxygen atoms in total. The SMILES string of the molecule is COc1ccc2nc(COc3ccc(CCC(=O)O)c(OCc4ccccc4OC)c3)n(C)c2c1.Cl. The summed E-state index contributed by atoms with van der Waals surface area (Å²) in [5.41, 5.74) is 3.50. The van der Waals surface area contributed by atoms with Crippen LogP contribution in [0.15, 0.2) is 60.7 Å². The molecule has 4 rings (SSSR count). The van der Waals surface area contributed by atoms with Crippen molar-refractivity contribution in [2.24, 2.45) is 7.05 Å². The number of carbonyl (C=O) groups is 1. The van der Waals surface area contributed by atoms with Crippen molar-refractivity contribution in [1.82, 2.24) is 9.55 Å². The standard InChI is InChI=1S/C27H28N2O6.ClH/c1-29-23-14-20(32-2)11-12-22(23)28-26(29)17-34-21-10-8-18(9-13-27(30)31)25(15-21)35-16-19-6-4-5-7-24(19)33-3;/h4-8,10-12,14-15H,9,13,16-17H2,1-3H3,(H,30,31);1H. The summed E-state index contributed by atoms with van der Waals surface area (Å²) >= 11 is 0. The molecule has 1 aromatic heterocycles. The third kappa shape index (κ3) is 6.20. The van der Waals surface area contributed by atoms with E-state index in [0.717, 1.165) is 39.5 Å². The second kappa shape index (κ2) is 12.2. The number of nitrogens with zero attached hydrogens (tertiary/aromatic N) is 2. The molecule has 0 aliphatic heterocycles. The molecule has 0 atom stereocenters. The van der Waals surface area contributed by atoms with Gasteiger partial charge in [0.2, 0.25) is 0 Å². The van der Waals surface area contributed by atoms with E-state index >= 15 is 0 Å². The van der Waals surface area contributed by atoms with Crippen LogP contribution >= 0.6 is 12.4 Å². The van der Waals surface area contributed by atoms with Gasteiger partial charge in [0, 0.05) is 31.2 Å². The van der Waals surface area contributed by atoms with Gasteiger partial charge >= 0.3 is 5.97 Å². The lowest BCUT2D eigenvalue weighted by Gasteiger charge is -2.15. The number of ether oxygens (including phenoxy) is 4. The van der Waals surface area contributed by atoms with E-state index in [4.69, 9.17) is 24.1 Å². The molecule has 0 aliphatic rings. The molecule has 1 heterocycles. The van der Waals surface area contributed by atoms with Gasteiger partial charge in [0.05, 0.1) is 25.3 Å². The largest absolute Gasteiger partial charge is 0.497 e. The first kappa shape index (κ1) is 26.7. The van der Waals surface area contributed by atoms with Crippen molar-refractivity contribution in [1.29, 1.82) is 0 Å². The van der Waals surface area contributed by atoms with Gasteiger partial charge in [-0.05, 0) is 36.2 Å². The predicted molar refractivity (Wildman–Crippen MR) is 139 cm³/mol. The first-order valence-corrected chi connectivity index (χ1v) is 11.2. The molecule has 0 radical (unpaired) electrons. The fourth-order valence-electron chi connectivity index (χ4n) is 3.81. The molecule has 0 bridgehead atoms. The lowest BCUT2D eigenvalue weighted by Crippen LogP contribution is -2.05. The van der Waals surface area contributed by atoms with Crippen LogP contribution in [0.2, 0.25) is 0 Å². The molecular formula is C27H29ClN2O6. The lowest BCUT2D eigenvalue weighted by atomic mass is 10.1. The molecule has 0 fully saturated rings. The van der Waals surface area contributed by atoms with Crippen molar-refractivity contribution in [3.8, 4) is 23.0 Å². The summed E-state index contributed by atoms with van der Waals surface area (Å²) in [5, 5.41) is 9.13. The van der Waals surface area contributed by atoms with Crippen LogP contribution in [-0.4, -0.2) is 34.8 Å². The third-order valence-electron chi connectivity index (χ3n) is 5.77. The fraction of sp³-hybridized carbons (Fsp3) is 0.259. The summed E-state index contributed by atoms with van der Waals surface area (Å²) in [4.78, 5) is 15.8. The predicted octanol–water partition coefficient (Wildman–Crippen LogP) is 5.19. The monoisotopic (exact) mass is 512 g/mol. The number of hydrogen-bond acceptors (Lipinski definition) is 6. The Morgan fingerprint density at radius 2 is 1.67 bits per heavy atom. The molecule has 4 aromatic rings. The smallest absolute Gasteiger partial charge is 0.303 e. The maximum atomic E-state index is 11.1. The van der Waals surface area contributed by atoms with E-state index in [-0.39, 0.29) is 32.0 Å². The minimum atomic E-state index is -0.862. The van der Waals surface area contributed by atoms with E-state index in [9.17, 15) is 4.79 Å². The van der Waals surface area contributed by atoms with Gasteiger partial charge in [0.25, 0.3) is 0 Å². The normalized spacial score (nSPS) is 10.5. The number of halogens is 1. The lowest BCUT2D eigenvalue weighted by molar-refractivity contribution is -0.136. The zero-order valence-corrected chi connectivity index (χ0v) is 21.2. The molecule has 0 unspecified atom stereocenters. The van der Waals surface area contributed by atoms with Crippen molar-refractivity contribution in [3.05, 3.63) is 77.6 Å². The van der Waals surface area contributed by atoms with Gasteiger partial charge in [0.1, 0.15) is 42.0 Å². The minimum absolute atomic E-state index is 0. The van der Waals surface area contributed by atoms with E-state index < -0.39 is 5.97 Å². The number of aliphatic carboxylic acids is 1. The molecule has 9 heteroatoms. The van der Waals surface area contributed by atoms with Crippen LogP contribution in [0.3, 0.4) is 0 Å². The maximum Gasteiger partial charge on any atom is 0.303 e. The number of fused-ring (bicyclic) bond motifs is 1. The van der Waals surface area contributed by atoms with Crippen molar-refractivity contribution in [2.75, 3.05) is 14.2 Å². The summed E-state index contributed by atoms with van der Waals surface area (Å²) < 4.78 is 24.8. The van der Waals surface area contributed by atoms with Gasteiger partial charge < -0.3 is 28.6 Å². The highest BCUT2D eigenvalue weighted by Crippen LogP contribution is 2.29. The van der Waals surface area contributed by atoms with Gasteiger partial charge in [-0.3, -0.25) is 4.79 Å². The first-order chi connectivity index (χ1) is 17.0.